The first kappa shape index (κ1) is 14.8. The standard InChI is InChI=1S/C12H17BrN2O3S/c1-8-5-9(13)10(14)6-11(8)19(16,17)15-12(2)3-4-18-7-12/h5-6,15H,3-4,7,14H2,1-2H3. The lowest BCUT2D eigenvalue weighted by atomic mass is 10.0. The molecule has 1 unspecified atom stereocenters. The van der Waals surface area contributed by atoms with Crippen molar-refractivity contribution in [2.75, 3.05) is 18.9 Å². The number of sulfonamides is 1. The number of nitrogen functional groups attached to an aromatic ring is 1. The van der Waals surface area contributed by atoms with Crippen molar-refractivity contribution >= 4 is 31.6 Å². The monoisotopic (exact) mass is 348 g/mol. The van der Waals surface area contributed by atoms with Crippen LogP contribution in [-0.4, -0.2) is 27.2 Å². The van der Waals surface area contributed by atoms with Crippen LogP contribution in [-0.2, 0) is 14.8 Å². The zero-order valence-electron chi connectivity index (χ0n) is 10.9. The Morgan fingerprint density at radius 1 is 1.47 bits per heavy atom. The van der Waals surface area contributed by atoms with Crippen LogP contribution in [0.3, 0.4) is 0 Å². The Hall–Kier alpha value is -0.630. The first-order valence-corrected chi connectivity index (χ1v) is 8.18. The Morgan fingerprint density at radius 3 is 2.74 bits per heavy atom. The van der Waals surface area contributed by atoms with E-state index in [-0.39, 0.29) is 4.90 Å². The van der Waals surface area contributed by atoms with Gasteiger partial charge in [0.15, 0.2) is 0 Å². The molecule has 0 radical (unpaired) electrons. The van der Waals surface area contributed by atoms with Crippen molar-refractivity contribution in [3.05, 3.63) is 22.2 Å². The molecule has 1 heterocycles. The largest absolute Gasteiger partial charge is 0.398 e. The Morgan fingerprint density at radius 2 is 2.16 bits per heavy atom. The Balaban J connectivity index is 2.37. The summed E-state index contributed by atoms with van der Waals surface area (Å²) in [6.45, 7) is 4.54. The highest BCUT2D eigenvalue weighted by molar-refractivity contribution is 9.10. The second-order valence-corrected chi connectivity index (χ2v) is 7.61. The van der Waals surface area contributed by atoms with Gasteiger partial charge < -0.3 is 10.5 Å². The summed E-state index contributed by atoms with van der Waals surface area (Å²) in [5.41, 5.74) is 6.27. The van der Waals surface area contributed by atoms with Crippen molar-refractivity contribution in [3.8, 4) is 0 Å². The number of hydrogen-bond donors (Lipinski definition) is 2. The van der Waals surface area contributed by atoms with Crippen molar-refractivity contribution in [3.63, 3.8) is 0 Å². The van der Waals surface area contributed by atoms with Crippen molar-refractivity contribution < 1.29 is 13.2 Å². The Labute approximate surface area is 121 Å². The van der Waals surface area contributed by atoms with Crippen LogP contribution < -0.4 is 10.5 Å². The van der Waals surface area contributed by atoms with E-state index >= 15 is 0 Å². The molecule has 106 valence electrons. The average Bonchev–Trinajstić information content (AvgIpc) is 2.68. The summed E-state index contributed by atoms with van der Waals surface area (Å²) in [5, 5.41) is 0. The van der Waals surface area contributed by atoms with Gasteiger partial charge in [0, 0.05) is 16.8 Å². The summed E-state index contributed by atoms with van der Waals surface area (Å²) >= 11 is 3.29. The number of ether oxygens (including phenoxy) is 1. The SMILES string of the molecule is Cc1cc(Br)c(N)cc1S(=O)(=O)NC1(C)CCOC1. The maximum atomic E-state index is 12.4. The smallest absolute Gasteiger partial charge is 0.241 e. The second kappa shape index (κ2) is 5.05. The highest BCUT2D eigenvalue weighted by Crippen LogP contribution is 2.28. The first-order chi connectivity index (χ1) is 8.73. The van der Waals surface area contributed by atoms with Gasteiger partial charge in [-0.3, -0.25) is 0 Å². The molecular formula is C12H17BrN2O3S. The third kappa shape index (κ3) is 3.10. The first-order valence-electron chi connectivity index (χ1n) is 5.91. The molecule has 0 amide bonds. The fraction of sp³-hybridized carbons (Fsp3) is 0.500. The van der Waals surface area contributed by atoms with E-state index in [1.54, 1.807) is 13.0 Å². The molecule has 3 N–H and O–H groups in total. The normalized spacial score (nSPS) is 23.7. The summed E-state index contributed by atoms with van der Waals surface area (Å²) in [6, 6.07) is 3.18. The minimum atomic E-state index is -3.60. The zero-order valence-corrected chi connectivity index (χ0v) is 13.3. The summed E-state index contributed by atoms with van der Waals surface area (Å²) in [7, 11) is -3.60. The number of aryl methyl sites for hydroxylation is 1. The molecule has 2 rings (SSSR count). The van der Waals surface area contributed by atoms with Gasteiger partial charge in [0.25, 0.3) is 0 Å². The molecule has 1 aromatic rings. The van der Waals surface area contributed by atoms with E-state index in [4.69, 9.17) is 10.5 Å². The number of anilines is 1. The number of nitrogens with two attached hydrogens (primary N) is 1. The van der Waals surface area contributed by atoms with Gasteiger partial charge in [0.2, 0.25) is 10.0 Å². The van der Waals surface area contributed by atoms with Gasteiger partial charge in [0.05, 0.1) is 17.0 Å². The highest BCUT2D eigenvalue weighted by Gasteiger charge is 2.35. The number of halogens is 1. The molecule has 5 nitrogen and oxygen atoms in total. The maximum absolute atomic E-state index is 12.4. The van der Waals surface area contributed by atoms with E-state index < -0.39 is 15.6 Å². The topological polar surface area (TPSA) is 81.4 Å². The van der Waals surface area contributed by atoms with Gasteiger partial charge in [-0.25, -0.2) is 13.1 Å². The molecule has 0 aromatic heterocycles. The molecule has 19 heavy (non-hydrogen) atoms. The fourth-order valence-electron chi connectivity index (χ4n) is 2.08. The molecule has 1 saturated heterocycles. The summed E-state index contributed by atoms with van der Waals surface area (Å²) < 4.78 is 33.5. The summed E-state index contributed by atoms with van der Waals surface area (Å²) in [4.78, 5) is 0.210. The third-order valence-electron chi connectivity index (χ3n) is 3.18. The molecule has 0 saturated carbocycles. The molecule has 1 aliphatic heterocycles. The molecule has 0 bridgehead atoms. The number of hydrogen-bond acceptors (Lipinski definition) is 4. The van der Waals surface area contributed by atoms with Gasteiger partial charge in [-0.2, -0.15) is 0 Å². The van der Waals surface area contributed by atoms with Crippen LogP contribution in [0, 0.1) is 6.92 Å². The molecule has 0 spiro atoms. The Kier molecular flexibility index (Phi) is 3.92. The quantitative estimate of drug-likeness (QED) is 0.816. The van der Waals surface area contributed by atoms with E-state index in [0.29, 0.717) is 35.4 Å². The van der Waals surface area contributed by atoms with E-state index in [1.807, 2.05) is 6.92 Å². The average molecular weight is 349 g/mol. The minimum Gasteiger partial charge on any atom is -0.398 e. The number of rotatable bonds is 3. The van der Waals surface area contributed by atoms with E-state index in [0.717, 1.165) is 0 Å². The third-order valence-corrected chi connectivity index (χ3v) is 5.65. The molecular weight excluding hydrogens is 332 g/mol. The molecule has 1 aromatic carbocycles. The van der Waals surface area contributed by atoms with E-state index in [2.05, 4.69) is 20.7 Å². The van der Waals surface area contributed by atoms with Gasteiger partial charge in [-0.05, 0) is 53.9 Å². The lowest BCUT2D eigenvalue weighted by molar-refractivity contribution is 0.178. The van der Waals surface area contributed by atoms with Gasteiger partial charge in [0.1, 0.15) is 0 Å². The van der Waals surface area contributed by atoms with Crippen molar-refractivity contribution in [1.82, 2.24) is 4.72 Å². The molecule has 1 fully saturated rings. The van der Waals surface area contributed by atoms with E-state index in [9.17, 15) is 8.42 Å². The van der Waals surface area contributed by atoms with Crippen LogP contribution >= 0.6 is 15.9 Å². The lowest BCUT2D eigenvalue weighted by Gasteiger charge is -2.24. The van der Waals surface area contributed by atoms with E-state index in [1.165, 1.54) is 6.07 Å². The Bertz CT molecular complexity index is 595. The van der Waals surface area contributed by atoms with Crippen molar-refractivity contribution in [1.29, 1.82) is 0 Å². The predicted octanol–water partition coefficient (Wildman–Crippen LogP) is 1.80. The van der Waals surface area contributed by atoms with Crippen LogP contribution in [0.2, 0.25) is 0 Å². The lowest BCUT2D eigenvalue weighted by Crippen LogP contribution is -2.46. The molecule has 7 heteroatoms. The maximum Gasteiger partial charge on any atom is 0.241 e. The summed E-state index contributed by atoms with van der Waals surface area (Å²) in [5.74, 6) is 0. The highest BCUT2D eigenvalue weighted by atomic mass is 79.9. The van der Waals surface area contributed by atoms with Crippen LogP contribution in [0.5, 0.6) is 0 Å². The van der Waals surface area contributed by atoms with Gasteiger partial charge in [-0.15, -0.1) is 0 Å². The van der Waals surface area contributed by atoms with Crippen LogP contribution in [0.4, 0.5) is 5.69 Å². The van der Waals surface area contributed by atoms with Crippen molar-refractivity contribution in [2.24, 2.45) is 0 Å². The van der Waals surface area contributed by atoms with Crippen LogP contribution in [0.25, 0.3) is 0 Å². The molecule has 1 atom stereocenters. The molecule has 1 aliphatic rings. The number of benzene rings is 1. The second-order valence-electron chi connectivity index (χ2n) is 5.11. The minimum absolute atomic E-state index is 0.210. The summed E-state index contributed by atoms with van der Waals surface area (Å²) in [6.07, 6.45) is 0.664. The predicted molar refractivity (Wildman–Crippen MR) is 77.5 cm³/mol. The zero-order chi connectivity index (χ0) is 14.3. The van der Waals surface area contributed by atoms with Gasteiger partial charge in [-0.1, -0.05) is 0 Å². The number of nitrogens with one attached hydrogen (secondary N) is 1. The van der Waals surface area contributed by atoms with Crippen LogP contribution in [0.15, 0.2) is 21.5 Å². The fourth-order valence-corrected chi connectivity index (χ4v) is 4.23. The van der Waals surface area contributed by atoms with Crippen molar-refractivity contribution in [2.45, 2.75) is 30.7 Å². The van der Waals surface area contributed by atoms with Crippen LogP contribution in [0.1, 0.15) is 18.9 Å². The molecule has 0 aliphatic carbocycles. The van der Waals surface area contributed by atoms with Gasteiger partial charge >= 0.3 is 0 Å².